The van der Waals surface area contributed by atoms with Crippen LogP contribution in [0.25, 0.3) is 0 Å². The van der Waals surface area contributed by atoms with Crippen LogP contribution in [-0.4, -0.2) is 207 Å². The highest BCUT2D eigenvalue weighted by Crippen LogP contribution is 2.34. The van der Waals surface area contributed by atoms with Crippen molar-refractivity contribution in [3.63, 3.8) is 0 Å². The molecule has 1 aliphatic carbocycles. The molecule has 0 aromatic heterocycles. The second-order valence-electron chi connectivity index (χ2n) is 26.7. The number of alkyl carbamates (subject to hydrolysis) is 1. The van der Waals surface area contributed by atoms with Crippen molar-refractivity contribution < 1.29 is 92.2 Å². The van der Waals surface area contributed by atoms with E-state index < -0.39 is 210 Å². The highest BCUT2D eigenvalue weighted by Gasteiger charge is 2.44. The van der Waals surface area contributed by atoms with Crippen molar-refractivity contribution in [3.05, 3.63) is 35.9 Å². The number of aliphatic hydroxyl groups is 4. The second kappa shape index (κ2) is 38.8. The Bertz CT molecular complexity index is 2910. The Hall–Kier alpha value is -8.76. The molecule has 0 bridgehead atoms. The molecule has 15 atom stereocenters. The maximum absolute atomic E-state index is 15.5. The summed E-state index contributed by atoms with van der Waals surface area (Å²) < 4.78 is 11.4. The van der Waals surface area contributed by atoms with E-state index in [1.807, 2.05) is 10.6 Å². The van der Waals surface area contributed by atoms with Crippen LogP contribution in [0, 0.1) is 35.0 Å². The maximum Gasteiger partial charge on any atom is 0.408 e. The van der Waals surface area contributed by atoms with Crippen LogP contribution in [0.3, 0.4) is 0 Å². The summed E-state index contributed by atoms with van der Waals surface area (Å²) in [6.07, 6.45) is -7.79. The zero-order valence-electron chi connectivity index (χ0n) is 57.2. The Kier molecular flexibility index (Phi) is 33.0. The Labute approximate surface area is 564 Å². The highest BCUT2D eigenvalue weighted by atomic mass is 16.6. The molecule has 1 heterocycles. The lowest BCUT2D eigenvalue weighted by atomic mass is 9.95. The fourth-order valence-electron chi connectivity index (χ4n) is 10.0. The first-order chi connectivity index (χ1) is 45.3. The topological polar surface area (TPSA) is 542 Å². The van der Waals surface area contributed by atoms with Gasteiger partial charge in [0.1, 0.15) is 60.0 Å². The minimum absolute atomic E-state index is 0.00264. The van der Waals surface area contributed by atoms with Crippen LogP contribution in [-0.2, 0) is 67.0 Å². The van der Waals surface area contributed by atoms with Gasteiger partial charge in [0.25, 0.3) is 0 Å². The van der Waals surface area contributed by atoms with E-state index in [1.165, 1.54) is 44.2 Å². The number of hydrogen-bond donors (Lipinski definition) is 19. The molecule has 0 radical (unpaired) electrons. The van der Waals surface area contributed by atoms with Gasteiger partial charge in [-0.05, 0) is 95.0 Å². The Balaban J connectivity index is 2.42. The van der Waals surface area contributed by atoms with Crippen molar-refractivity contribution in [1.29, 1.82) is 5.41 Å². The first kappa shape index (κ1) is 82.5. The number of carbonyl (C=O) groups is 13. The predicted octanol–water partition coefficient (Wildman–Crippen LogP) is -3.90. The van der Waals surface area contributed by atoms with E-state index in [1.54, 1.807) is 62.3 Å². The molecule has 3 rings (SSSR count). The summed E-state index contributed by atoms with van der Waals surface area (Å²) in [4.78, 5) is 185. The van der Waals surface area contributed by atoms with Crippen LogP contribution >= 0.6 is 0 Å². The molecule has 1 aromatic rings. The van der Waals surface area contributed by atoms with Crippen LogP contribution in [0.1, 0.15) is 146 Å². The van der Waals surface area contributed by atoms with Crippen LogP contribution < -0.4 is 75.3 Å². The lowest BCUT2D eigenvalue weighted by molar-refractivity contribution is -0.159. The standard InChI is InChI=1S/C63H103N15O19/c1-13-32(8)42-56(90)76-43(33(9)80)55(89)68-27-41(81)74-45(48(83)50(64)84)58(92)72-40(28-79)60(94)96-49(35-18-15-14-16-19-35)46(78-54(88)38(25-30(4)5)70-53(87)39(26-34-21-22-34)73-62(95)97-63(10,11)12)59(93)77-44(47(82)31(6)7)57(91)71-37(24-29(2)3)52(86)69-36(51(85)75-42)20-17-23-67-61(65)66/h14-16,18-19,29-34,36-40,42-49,79-80,82-83H,13,17,20-28H2,1-12H3,(H2,64,84)(H,68,89)(H,69,86)(H,70,87)(H,71,91)(H,72,92)(H,73,95)(H,74,81)(H,75,85)(H,76,90)(H,77,93)(H,78,88)(H4,65,66,67)/t32-,33-,36+,37-,38-,39+,40-,42-,43-,44-,45-,46-,47+,48-,49+/m0/s1. The maximum atomic E-state index is 15.5. The molecular formula is C63H103N15O19. The van der Waals surface area contributed by atoms with Crippen LogP contribution in [0.5, 0.6) is 0 Å². The zero-order valence-corrected chi connectivity index (χ0v) is 57.2. The largest absolute Gasteiger partial charge is 0.453 e. The quantitative estimate of drug-likeness (QED) is 0.0204. The van der Waals surface area contributed by atoms with Crippen LogP contribution in [0.15, 0.2) is 30.3 Å². The number of nitrogens with one attached hydrogen (secondary N) is 13. The van der Waals surface area contributed by atoms with Gasteiger partial charge in [0.2, 0.25) is 65.0 Å². The second-order valence-corrected chi connectivity index (χ2v) is 26.7. The molecule has 1 saturated carbocycles. The van der Waals surface area contributed by atoms with Gasteiger partial charge in [-0.3, -0.25) is 58.1 Å². The smallest absolute Gasteiger partial charge is 0.408 e. The van der Waals surface area contributed by atoms with Gasteiger partial charge in [-0.1, -0.05) is 105 Å². The number of carbonyl (C=O) groups excluding carboxylic acids is 13. The molecule has 34 nitrogen and oxygen atoms in total. The molecule has 1 aromatic carbocycles. The molecule has 0 spiro atoms. The summed E-state index contributed by atoms with van der Waals surface area (Å²) in [7, 11) is 0. The summed E-state index contributed by atoms with van der Waals surface area (Å²) in [5, 5.41) is 81.2. The van der Waals surface area contributed by atoms with E-state index in [0.717, 1.165) is 19.8 Å². The summed E-state index contributed by atoms with van der Waals surface area (Å²) in [6.45, 7) is 16.5. The number of ether oxygens (including phenoxy) is 2. The number of primary amides is 1. The lowest BCUT2D eigenvalue weighted by Crippen LogP contribution is -2.64. The number of aliphatic hydroxyl groups excluding tert-OH is 4. The van der Waals surface area contributed by atoms with E-state index in [2.05, 4.69) is 53.2 Å². The highest BCUT2D eigenvalue weighted by molar-refractivity contribution is 6.00. The third-order valence-corrected chi connectivity index (χ3v) is 15.7. The summed E-state index contributed by atoms with van der Waals surface area (Å²) >= 11 is 0. The zero-order chi connectivity index (χ0) is 73.3. The van der Waals surface area contributed by atoms with Crippen molar-refractivity contribution in [2.75, 3.05) is 19.7 Å². The average molecular weight is 1370 g/mol. The monoisotopic (exact) mass is 1370 g/mol. The van der Waals surface area contributed by atoms with Gasteiger partial charge in [0, 0.05) is 6.54 Å². The molecule has 544 valence electrons. The molecule has 1 aliphatic heterocycles. The molecule has 2 aliphatic rings. The van der Waals surface area contributed by atoms with Crippen molar-refractivity contribution in [2.24, 2.45) is 41.1 Å². The number of cyclic esters (lactones) is 1. The molecule has 1 saturated heterocycles. The number of guanidine groups is 1. The van der Waals surface area contributed by atoms with Crippen LogP contribution in [0.2, 0.25) is 0 Å². The van der Waals surface area contributed by atoms with Crippen molar-refractivity contribution in [3.8, 4) is 0 Å². The fraction of sp³-hybridized carbons (Fsp3) is 0.683. The van der Waals surface area contributed by atoms with Gasteiger partial charge in [0.05, 0.1) is 25.4 Å². The van der Waals surface area contributed by atoms with E-state index >= 15 is 14.4 Å². The summed E-state index contributed by atoms with van der Waals surface area (Å²) in [6, 6.07) is -11.3. The van der Waals surface area contributed by atoms with Crippen molar-refractivity contribution in [2.45, 2.75) is 225 Å². The normalized spacial score (nSPS) is 24.6. The van der Waals surface area contributed by atoms with Crippen LogP contribution in [0.4, 0.5) is 4.79 Å². The van der Waals surface area contributed by atoms with E-state index in [-0.39, 0.29) is 56.6 Å². The first-order valence-electron chi connectivity index (χ1n) is 32.6. The van der Waals surface area contributed by atoms with Gasteiger partial charge >= 0.3 is 12.1 Å². The molecule has 2 fully saturated rings. The van der Waals surface area contributed by atoms with E-state index in [0.29, 0.717) is 0 Å². The first-order valence-corrected chi connectivity index (χ1v) is 32.6. The number of benzene rings is 1. The molecule has 34 heteroatoms. The van der Waals surface area contributed by atoms with E-state index in [4.69, 9.17) is 26.4 Å². The Morgan fingerprint density at radius 2 is 1.24 bits per heavy atom. The number of amides is 12. The van der Waals surface area contributed by atoms with Gasteiger partial charge in [-0.2, -0.15) is 0 Å². The number of rotatable bonds is 24. The molecular weight excluding hydrogens is 1270 g/mol. The van der Waals surface area contributed by atoms with Crippen molar-refractivity contribution >= 4 is 83.0 Å². The predicted molar refractivity (Wildman–Crippen MR) is 348 cm³/mol. The number of esters is 1. The van der Waals surface area contributed by atoms with Gasteiger partial charge in [0.15, 0.2) is 24.2 Å². The van der Waals surface area contributed by atoms with E-state index in [9.17, 15) is 68.4 Å². The molecule has 21 N–H and O–H groups in total. The summed E-state index contributed by atoms with van der Waals surface area (Å²) in [5.41, 5.74) is 9.79. The van der Waals surface area contributed by atoms with Gasteiger partial charge in [-0.25, -0.2) is 9.59 Å². The summed E-state index contributed by atoms with van der Waals surface area (Å²) in [5.74, 6) is -17.7. The average Bonchev–Trinajstić information content (AvgIpc) is 1.56. The molecule has 0 unspecified atom stereocenters. The van der Waals surface area contributed by atoms with Gasteiger partial charge < -0.3 is 105 Å². The van der Waals surface area contributed by atoms with Gasteiger partial charge in [-0.15, -0.1) is 0 Å². The SMILES string of the molecule is CC[C@H](C)[C@@H]1NC(=O)[C@@H](CCCNC(=N)N)NC(=O)[C@H](CC(C)C)NC(=O)[C@H]([C@H](O)C(C)C)NC(=O)[C@@H](NC(=O)[C@H](CC(C)C)NC(=O)[C@@H](CC2CC2)NC(=O)OC(C)(C)C)[C@@H](c2ccccc2)OC(=O)[C@H](CO)NC(=O)[C@H]([C@H](O)C(N)=O)NC(=O)CNC(=O)[C@H]([C@H](C)O)NC1=O. The third-order valence-electron chi connectivity index (χ3n) is 15.7. The number of nitrogens with two attached hydrogens (primary N) is 2. The Morgan fingerprint density at radius 1 is 0.670 bits per heavy atom. The number of hydrogen-bond acceptors (Lipinski definition) is 20. The lowest BCUT2D eigenvalue weighted by Gasteiger charge is -2.34. The molecule has 97 heavy (non-hydrogen) atoms. The van der Waals surface area contributed by atoms with Crippen molar-refractivity contribution in [1.82, 2.24) is 63.8 Å². The Morgan fingerprint density at radius 3 is 1.77 bits per heavy atom. The molecule has 12 amide bonds. The minimum Gasteiger partial charge on any atom is -0.453 e. The third kappa shape index (κ3) is 27.7. The fourth-order valence-corrected chi connectivity index (χ4v) is 10.0. The minimum atomic E-state index is -2.60.